The Morgan fingerprint density at radius 1 is 0.159 bits per heavy atom. The third-order valence-corrected chi connectivity index (χ3v) is 18.4. The largest absolute Gasteiger partial charge is 0.310 e. The van der Waals surface area contributed by atoms with Crippen molar-refractivity contribution in [1.82, 2.24) is 0 Å². The number of hydrogen-bond acceptors (Lipinski definition) is 2. The monoisotopic (exact) mass is 1120 g/mol. The maximum Gasteiger partial charge on any atom is 0.0714 e. The van der Waals surface area contributed by atoms with Crippen LogP contribution in [0.5, 0.6) is 0 Å². The van der Waals surface area contributed by atoms with E-state index in [9.17, 15) is 0 Å². The number of nitrogens with zero attached hydrogens (tertiary/aromatic N) is 2. The molecule has 0 saturated heterocycles. The van der Waals surface area contributed by atoms with Crippen molar-refractivity contribution < 1.29 is 0 Å². The van der Waals surface area contributed by atoms with Gasteiger partial charge in [0.15, 0.2) is 0 Å². The molecule has 2 heteroatoms. The molecule has 2 aliphatic carbocycles. The summed E-state index contributed by atoms with van der Waals surface area (Å²) in [5, 5.41) is 0. The first-order chi connectivity index (χ1) is 43.6. The van der Waals surface area contributed by atoms with E-state index in [4.69, 9.17) is 0 Å². The van der Waals surface area contributed by atoms with Gasteiger partial charge < -0.3 is 9.80 Å². The Morgan fingerprint density at radius 3 is 0.750 bits per heavy atom. The predicted molar refractivity (Wildman–Crippen MR) is 367 cm³/mol. The standard InChI is InChI=1S/C86H60N2/c1-8-26-61(27-9-1)64-56-65(62-44-48-73(49-45-62)87(71-36-18-6-19-37-71)75-52-54-79-77-40-22-24-42-81(77)85(83(79)59-75,67-28-10-2-11-29-67)68-30-12-3-13-31-68)58-66(57-64)63-46-50-74(51-47-63)88(72-38-20-7-21-39-72)76-53-55-80-78-41-23-25-43-82(78)86(84(80)60-76,69-32-14-4-15-33-69)70-34-16-5-17-35-70/h1-60H. The molecule has 2 nitrogen and oxygen atoms in total. The Morgan fingerprint density at radius 2 is 0.409 bits per heavy atom. The molecule has 0 saturated carbocycles. The summed E-state index contributed by atoms with van der Waals surface area (Å²) in [6.07, 6.45) is 0. The second-order valence-electron chi connectivity index (χ2n) is 23.1. The Balaban J connectivity index is 0.785. The molecule has 0 amide bonds. The van der Waals surface area contributed by atoms with Crippen LogP contribution in [0.3, 0.4) is 0 Å². The molecule has 0 radical (unpaired) electrons. The van der Waals surface area contributed by atoms with E-state index in [1.807, 2.05) is 0 Å². The number of fused-ring (bicyclic) bond motifs is 6. The van der Waals surface area contributed by atoms with E-state index in [0.29, 0.717) is 0 Å². The fourth-order valence-electron chi connectivity index (χ4n) is 14.6. The molecule has 414 valence electrons. The molecular weight excluding hydrogens is 1060 g/mol. The average molecular weight is 1120 g/mol. The van der Waals surface area contributed by atoms with Crippen LogP contribution >= 0.6 is 0 Å². The molecule has 0 heterocycles. The van der Waals surface area contributed by atoms with Crippen LogP contribution in [0, 0.1) is 0 Å². The lowest BCUT2D eigenvalue weighted by Crippen LogP contribution is -2.28. The van der Waals surface area contributed by atoms with E-state index < -0.39 is 10.8 Å². The highest BCUT2D eigenvalue weighted by Crippen LogP contribution is 2.59. The summed E-state index contributed by atoms with van der Waals surface area (Å²) >= 11 is 0. The first-order valence-electron chi connectivity index (χ1n) is 30.5. The molecule has 0 N–H and O–H groups in total. The summed E-state index contributed by atoms with van der Waals surface area (Å²) in [6, 6.07) is 134. The van der Waals surface area contributed by atoms with Gasteiger partial charge in [0.25, 0.3) is 0 Å². The number of anilines is 6. The highest BCUT2D eigenvalue weighted by molar-refractivity contribution is 5.92. The topological polar surface area (TPSA) is 6.48 Å². The Labute approximate surface area is 515 Å². The van der Waals surface area contributed by atoms with Crippen LogP contribution in [0.15, 0.2) is 364 Å². The minimum atomic E-state index is -0.519. The molecule has 2 aliphatic rings. The van der Waals surface area contributed by atoms with E-state index in [1.165, 1.54) is 72.3 Å². The SMILES string of the molecule is c1ccc(-c2cc(-c3ccc(N(c4ccccc4)c4ccc5c(c4)C(c4ccccc4)(c4ccccc4)c4ccccc4-5)cc3)cc(-c3ccc(N(c4ccccc4)c4ccc5c(c4)C(c4ccccc4)(c4ccccc4)c4ccccc4-5)cc3)c2)cc1. The van der Waals surface area contributed by atoms with Crippen molar-refractivity contribution in [3.63, 3.8) is 0 Å². The zero-order chi connectivity index (χ0) is 58.4. The molecule has 0 spiro atoms. The molecule has 0 unspecified atom stereocenters. The van der Waals surface area contributed by atoms with Crippen LogP contribution in [-0.2, 0) is 10.8 Å². The molecular formula is C86H60N2. The van der Waals surface area contributed by atoms with Gasteiger partial charge in [0, 0.05) is 34.1 Å². The molecule has 14 aromatic rings. The number of para-hydroxylation sites is 2. The third kappa shape index (κ3) is 8.64. The molecule has 14 aromatic carbocycles. The van der Waals surface area contributed by atoms with E-state index in [2.05, 4.69) is 374 Å². The quantitative estimate of drug-likeness (QED) is 0.114. The lowest BCUT2D eigenvalue weighted by molar-refractivity contribution is 0.768. The van der Waals surface area contributed by atoms with Crippen LogP contribution in [0.2, 0.25) is 0 Å². The van der Waals surface area contributed by atoms with Gasteiger partial charge in [-0.3, -0.25) is 0 Å². The van der Waals surface area contributed by atoms with Crippen molar-refractivity contribution in [2.75, 3.05) is 9.80 Å². The van der Waals surface area contributed by atoms with Crippen LogP contribution in [0.4, 0.5) is 34.1 Å². The van der Waals surface area contributed by atoms with Crippen LogP contribution in [0.1, 0.15) is 44.5 Å². The lowest BCUT2D eigenvalue weighted by Gasteiger charge is -2.35. The van der Waals surface area contributed by atoms with Crippen molar-refractivity contribution >= 4 is 34.1 Å². The highest BCUT2D eigenvalue weighted by Gasteiger charge is 2.48. The van der Waals surface area contributed by atoms with Crippen molar-refractivity contribution in [2.45, 2.75) is 10.8 Å². The molecule has 0 aromatic heterocycles. The molecule has 0 bridgehead atoms. The maximum atomic E-state index is 2.45. The highest BCUT2D eigenvalue weighted by atomic mass is 15.1. The van der Waals surface area contributed by atoms with Gasteiger partial charge in [-0.25, -0.2) is 0 Å². The average Bonchev–Trinajstić information content (AvgIpc) is 1.55. The lowest BCUT2D eigenvalue weighted by atomic mass is 9.67. The molecule has 0 aliphatic heterocycles. The van der Waals surface area contributed by atoms with Crippen molar-refractivity contribution in [3.05, 3.63) is 408 Å². The maximum absolute atomic E-state index is 2.45. The van der Waals surface area contributed by atoms with Gasteiger partial charge in [-0.05, 0) is 191 Å². The summed E-state index contributed by atoms with van der Waals surface area (Å²) in [4.78, 5) is 4.81. The summed E-state index contributed by atoms with van der Waals surface area (Å²) in [5.74, 6) is 0. The summed E-state index contributed by atoms with van der Waals surface area (Å²) in [7, 11) is 0. The Hall–Kier alpha value is -11.3. The molecule has 88 heavy (non-hydrogen) atoms. The zero-order valence-corrected chi connectivity index (χ0v) is 48.5. The molecule has 0 atom stereocenters. The van der Waals surface area contributed by atoms with E-state index in [-0.39, 0.29) is 0 Å². The van der Waals surface area contributed by atoms with Crippen LogP contribution in [0.25, 0.3) is 55.6 Å². The second kappa shape index (κ2) is 21.9. The van der Waals surface area contributed by atoms with Gasteiger partial charge in [-0.2, -0.15) is 0 Å². The zero-order valence-electron chi connectivity index (χ0n) is 48.5. The first-order valence-corrected chi connectivity index (χ1v) is 30.5. The molecule has 0 fully saturated rings. The summed E-state index contributed by atoms with van der Waals surface area (Å²) in [5.41, 5.74) is 27.6. The Kier molecular flexibility index (Phi) is 13.0. The van der Waals surface area contributed by atoms with Gasteiger partial charge in [0.05, 0.1) is 10.8 Å². The van der Waals surface area contributed by atoms with Gasteiger partial charge in [0.1, 0.15) is 0 Å². The Bertz CT molecular complexity index is 4430. The number of hydrogen-bond donors (Lipinski definition) is 0. The van der Waals surface area contributed by atoms with Gasteiger partial charge in [0.2, 0.25) is 0 Å². The smallest absolute Gasteiger partial charge is 0.0714 e. The molecule has 16 rings (SSSR count). The third-order valence-electron chi connectivity index (χ3n) is 18.4. The number of rotatable bonds is 13. The minimum Gasteiger partial charge on any atom is -0.310 e. The fourth-order valence-corrected chi connectivity index (χ4v) is 14.6. The van der Waals surface area contributed by atoms with Crippen LogP contribution < -0.4 is 9.80 Å². The normalized spacial score (nSPS) is 13.0. The fraction of sp³-hybridized carbons (Fsp3) is 0.0233. The van der Waals surface area contributed by atoms with Crippen LogP contribution in [-0.4, -0.2) is 0 Å². The van der Waals surface area contributed by atoms with Crippen molar-refractivity contribution in [1.29, 1.82) is 0 Å². The number of benzene rings is 14. The van der Waals surface area contributed by atoms with Crippen molar-refractivity contribution in [2.24, 2.45) is 0 Å². The second-order valence-corrected chi connectivity index (χ2v) is 23.1. The van der Waals surface area contributed by atoms with E-state index in [1.54, 1.807) is 0 Å². The predicted octanol–water partition coefficient (Wildman–Crippen LogP) is 22.4. The minimum absolute atomic E-state index is 0.519. The van der Waals surface area contributed by atoms with Gasteiger partial charge >= 0.3 is 0 Å². The van der Waals surface area contributed by atoms with E-state index >= 15 is 0 Å². The summed E-state index contributed by atoms with van der Waals surface area (Å²) in [6.45, 7) is 0. The van der Waals surface area contributed by atoms with Gasteiger partial charge in [-0.1, -0.05) is 273 Å². The van der Waals surface area contributed by atoms with E-state index in [0.717, 1.165) is 61.9 Å². The first kappa shape index (κ1) is 52.3. The van der Waals surface area contributed by atoms with Gasteiger partial charge in [-0.15, -0.1) is 0 Å². The van der Waals surface area contributed by atoms with Crippen molar-refractivity contribution in [3.8, 4) is 55.6 Å². The summed E-state index contributed by atoms with van der Waals surface area (Å²) < 4.78 is 0.